The lowest BCUT2D eigenvalue weighted by Crippen LogP contribution is -2.58. The predicted molar refractivity (Wildman–Crippen MR) is 159 cm³/mol. The Morgan fingerprint density at radius 1 is 0.911 bits per heavy atom. The second-order valence-corrected chi connectivity index (χ2v) is 10.3. The van der Waals surface area contributed by atoms with Crippen molar-refractivity contribution in [3.8, 4) is 0 Å². The average Bonchev–Trinajstić information content (AvgIpc) is 3.45. The van der Waals surface area contributed by atoms with Gasteiger partial charge in [-0.25, -0.2) is 25.0 Å². The Kier molecular flexibility index (Phi) is 15.9. The number of carboxylic acid groups (broad SMARTS) is 1. The maximum atomic E-state index is 13.4. The van der Waals surface area contributed by atoms with Gasteiger partial charge in [0.2, 0.25) is 0 Å². The number of amides is 2. The van der Waals surface area contributed by atoms with Gasteiger partial charge in [-0.15, -0.1) is 5.43 Å². The summed E-state index contributed by atoms with van der Waals surface area (Å²) in [5, 5.41) is 30.7. The molecule has 22 heteroatoms. The number of aliphatic carboxylic acids is 1. The third-order valence-electron chi connectivity index (χ3n) is 7.00. The molecule has 1 aliphatic heterocycles. The molecule has 254 valence electrons. The van der Waals surface area contributed by atoms with Gasteiger partial charge in [0.15, 0.2) is 33.8 Å². The fraction of sp³-hybridized carbons (Fsp3) is 0.739. The highest BCUT2D eigenvalue weighted by molar-refractivity contribution is 5.91. The van der Waals surface area contributed by atoms with E-state index in [9.17, 15) is 44.5 Å². The van der Waals surface area contributed by atoms with Gasteiger partial charge in [-0.1, -0.05) is 0 Å². The van der Waals surface area contributed by atoms with Crippen molar-refractivity contribution >= 4 is 35.5 Å². The third kappa shape index (κ3) is 12.7. The van der Waals surface area contributed by atoms with Gasteiger partial charge in [0, 0.05) is 19.6 Å². The van der Waals surface area contributed by atoms with E-state index in [1.54, 1.807) is 0 Å². The Hall–Kier alpha value is -4.86. The maximum Gasteiger partial charge on any atom is 0.326 e. The molecule has 1 aliphatic rings. The molecule has 0 saturated carbocycles. The fourth-order valence-corrected chi connectivity index (χ4v) is 4.82. The predicted octanol–water partition coefficient (Wildman–Crippen LogP) is -3.90. The van der Waals surface area contributed by atoms with E-state index < -0.39 is 63.8 Å². The fourth-order valence-electron chi connectivity index (χ4n) is 4.82. The summed E-state index contributed by atoms with van der Waals surface area (Å²) in [7, 11) is 0. The molecule has 2 amide bonds. The number of guanidine groups is 2. The molecule has 5 atom stereocenters. The van der Waals surface area contributed by atoms with Crippen molar-refractivity contribution in [2.75, 3.05) is 19.6 Å². The van der Waals surface area contributed by atoms with E-state index in [1.807, 2.05) is 5.43 Å². The first kappa shape index (κ1) is 38.2. The van der Waals surface area contributed by atoms with E-state index in [0.717, 1.165) is 4.90 Å². The van der Waals surface area contributed by atoms with Gasteiger partial charge in [-0.05, 0) is 62.8 Å². The largest absolute Gasteiger partial charge is 0.480 e. The number of nitro groups is 2. The van der Waals surface area contributed by atoms with Crippen LogP contribution in [0.4, 0.5) is 0 Å². The monoisotopic (exact) mass is 645 g/mol. The van der Waals surface area contributed by atoms with Crippen molar-refractivity contribution in [3.63, 3.8) is 0 Å². The number of carbonyl (C=O) groups excluding carboxylic acids is 3. The average molecular weight is 646 g/mol. The van der Waals surface area contributed by atoms with Gasteiger partial charge in [0.1, 0.15) is 12.1 Å². The molecule has 0 bridgehead atoms. The second kappa shape index (κ2) is 18.7. The lowest BCUT2D eigenvalue weighted by molar-refractivity contribution is -0.640. The number of nitrogens with two attached hydrogens (primary N) is 6. The number of hydrogen-bond donors (Lipinski definition) is 8. The van der Waals surface area contributed by atoms with Crippen molar-refractivity contribution in [2.24, 2.45) is 44.4 Å². The van der Waals surface area contributed by atoms with Crippen LogP contribution in [0.2, 0.25) is 0 Å². The Morgan fingerprint density at radius 3 is 1.98 bits per heavy atom. The highest BCUT2D eigenvalue weighted by atomic mass is 16.7. The van der Waals surface area contributed by atoms with Crippen LogP contribution < -0.4 is 39.8 Å². The zero-order valence-corrected chi connectivity index (χ0v) is 24.7. The lowest BCUT2D eigenvalue weighted by atomic mass is 9.96. The minimum absolute atomic E-state index is 0.00155. The van der Waals surface area contributed by atoms with Crippen LogP contribution in [-0.4, -0.2) is 110 Å². The number of nitrogens with one attached hydrogen (secondary N) is 1. The molecule has 0 aliphatic carbocycles. The van der Waals surface area contributed by atoms with E-state index in [1.165, 1.54) is 0 Å². The first-order valence-electron chi connectivity index (χ1n) is 14.1. The normalized spacial score (nSPS) is 16.8. The molecular weight excluding hydrogens is 602 g/mol. The van der Waals surface area contributed by atoms with Crippen molar-refractivity contribution in [2.45, 2.75) is 88.0 Å². The second-order valence-electron chi connectivity index (χ2n) is 10.3. The van der Waals surface area contributed by atoms with Crippen molar-refractivity contribution in [1.29, 1.82) is 0 Å². The molecule has 1 fully saturated rings. The lowest BCUT2D eigenvalue weighted by Gasteiger charge is -2.29. The van der Waals surface area contributed by atoms with E-state index >= 15 is 0 Å². The van der Waals surface area contributed by atoms with Crippen LogP contribution in [0.15, 0.2) is 9.98 Å². The van der Waals surface area contributed by atoms with Gasteiger partial charge in [0.05, 0.1) is 12.1 Å². The molecule has 0 spiro atoms. The Bertz CT molecular complexity index is 1130. The van der Waals surface area contributed by atoms with Gasteiger partial charge < -0.3 is 44.4 Å². The Labute approximate surface area is 257 Å². The van der Waals surface area contributed by atoms with E-state index in [0.29, 0.717) is 6.42 Å². The molecular formula is C23H43N13O9. The number of hydrazine groups is 2. The number of ketones is 1. The number of nitrogens with zero attached hydrogens (tertiary/aromatic N) is 6. The van der Waals surface area contributed by atoms with Crippen LogP contribution in [0.5, 0.6) is 0 Å². The zero-order valence-electron chi connectivity index (χ0n) is 24.7. The first-order chi connectivity index (χ1) is 21.1. The molecule has 1 saturated heterocycles. The third-order valence-corrected chi connectivity index (χ3v) is 7.00. The number of Topliss-reactive ketones (excluding diaryl/α,β-unsaturated/α-hetero) is 1. The van der Waals surface area contributed by atoms with Crippen LogP contribution in [0.3, 0.4) is 0 Å². The highest BCUT2D eigenvalue weighted by Gasteiger charge is 2.46. The summed E-state index contributed by atoms with van der Waals surface area (Å²) >= 11 is 0. The van der Waals surface area contributed by atoms with Gasteiger partial charge in [0.25, 0.3) is 5.91 Å². The van der Waals surface area contributed by atoms with Crippen LogP contribution in [-0.2, 0) is 19.2 Å². The number of carbonyl (C=O) groups is 4. The highest BCUT2D eigenvalue weighted by Crippen LogP contribution is 2.23. The Morgan fingerprint density at radius 2 is 1.47 bits per heavy atom. The van der Waals surface area contributed by atoms with Crippen molar-refractivity contribution in [1.82, 2.24) is 15.3 Å². The number of carboxylic acids is 1. The summed E-state index contributed by atoms with van der Waals surface area (Å²) in [6, 6.07) is -6.88. The smallest absolute Gasteiger partial charge is 0.326 e. The molecule has 0 aromatic rings. The van der Waals surface area contributed by atoms with Crippen LogP contribution >= 0.6 is 0 Å². The van der Waals surface area contributed by atoms with Crippen LogP contribution in [0.1, 0.15) is 57.8 Å². The summed E-state index contributed by atoms with van der Waals surface area (Å²) in [6.45, 7) is 0.127. The summed E-state index contributed by atoms with van der Waals surface area (Å²) in [4.78, 5) is 82.6. The molecule has 14 N–H and O–H groups in total. The van der Waals surface area contributed by atoms with Gasteiger partial charge >= 0.3 is 11.9 Å². The summed E-state index contributed by atoms with van der Waals surface area (Å²) in [5.74, 6) is -4.56. The standard InChI is InChI=1S/C23H43N13O9/c24-13(18(37)15(32-35(42)43)7-2-10-30-22(26)27)5-1-6-14(25)19(38)34(36(44)45)16(8-3-11-31-23(28)29)20(39)33-12-4-9-17(33)21(40)41/h13-17,32H,1-12,24-25H2,(H,40,41)(H4,26,27,30)(H4,28,29,31)/t13?,14-,15-,16-,17-/m0/s1. The molecule has 0 aromatic carbocycles. The molecule has 1 heterocycles. The van der Waals surface area contributed by atoms with Crippen LogP contribution in [0, 0.1) is 20.2 Å². The SMILES string of the molecule is NC(N)=NCCC[C@H](N[N+](=O)[O-])C(=O)C(N)CCC[C@H](N)C(=O)N([C@@H](CCCN=C(N)N)C(=O)N1CCC[C@H]1C(=O)O)[N+](=O)[O-]. The van der Waals surface area contributed by atoms with Crippen LogP contribution in [0.25, 0.3) is 0 Å². The van der Waals surface area contributed by atoms with E-state index in [4.69, 9.17) is 34.4 Å². The Balaban J connectivity index is 2.99. The maximum absolute atomic E-state index is 13.4. The molecule has 22 nitrogen and oxygen atoms in total. The molecule has 1 rings (SSSR count). The molecule has 1 unspecified atom stereocenters. The minimum Gasteiger partial charge on any atom is -0.480 e. The number of likely N-dealkylation sites (tertiary alicyclic amines) is 1. The van der Waals surface area contributed by atoms with Gasteiger partial charge in [-0.3, -0.25) is 24.4 Å². The topological polar surface area (TPSA) is 374 Å². The van der Waals surface area contributed by atoms with E-state index in [-0.39, 0.29) is 87.9 Å². The van der Waals surface area contributed by atoms with Crippen molar-refractivity contribution < 1.29 is 34.3 Å². The quantitative estimate of drug-likeness (QED) is 0.0194. The minimum atomic E-state index is -1.70. The van der Waals surface area contributed by atoms with E-state index in [2.05, 4.69) is 9.98 Å². The first-order valence-corrected chi connectivity index (χ1v) is 14.1. The number of hydrogen-bond acceptors (Lipinski definition) is 12. The molecule has 45 heavy (non-hydrogen) atoms. The summed E-state index contributed by atoms with van der Waals surface area (Å²) in [5.41, 5.74) is 34.9. The number of rotatable bonds is 21. The number of aliphatic imine (C=N–C) groups is 2. The summed E-state index contributed by atoms with van der Waals surface area (Å²) < 4.78 is 0. The van der Waals surface area contributed by atoms with Crippen molar-refractivity contribution in [3.05, 3.63) is 20.2 Å². The van der Waals surface area contributed by atoms with Gasteiger partial charge in [-0.2, -0.15) is 0 Å². The summed E-state index contributed by atoms with van der Waals surface area (Å²) in [6.07, 6.45) is 0.229. The molecule has 0 radical (unpaired) electrons. The molecule has 0 aromatic heterocycles. The zero-order chi connectivity index (χ0) is 34.3.